The first-order valence-electron chi connectivity index (χ1n) is 10.1. The van der Waals surface area contributed by atoms with Gasteiger partial charge in [-0.2, -0.15) is 9.78 Å². The summed E-state index contributed by atoms with van der Waals surface area (Å²) in [6.45, 7) is 0. The van der Waals surface area contributed by atoms with E-state index in [1.807, 2.05) is 0 Å². The monoisotopic (exact) mass is 552 g/mol. The zero-order chi connectivity index (χ0) is 24.7. The number of methoxy groups -OCH3 is 1. The zero-order valence-electron chi connectivity index (χ0n) is 17.9. The predicted molar refractivity (Wildman–Crippen MR) is 137 cm³/mol. The van der Waals surface area contributed by atoms with Gasteiger partial charge in [0.1, 0.15) is 5.58 Å². The van der Waals surface area contributed by atoms with Crippen LogP contribution in [0.5, 0.6) is 5.75 Å². The molecule has 0 N–H and O–H groups in total. The van der Waals surface area contributed by atoms with Crippen LogP contribution < -0.4 is 10.3 Å². The molecule has 5 aromatic rings. The van der Waals surface area contributed by atoms with Crippen molar-refractivity contribution in [3.8, 4) is 17.3 Å². The van der Waals surface area contributed by atoms with Crippen LogP contribution in [0.4, 0.5) is 5.69 Å². The molecule has 3 aromatic carbocycles. The zero-order valence-corrected chi connectivity index (χ0v) is 20.3. The van der Waals surface area contributed by atoms with E-state index < -0.39 is 10.5 Å². The fourth-order valence-corrected chi connectivity index (χ4v) is 4.46. The van der Waals surface area contributed by atoms with E-state index in [0.29, 0.717) is 37.3 Å². The summed E-state index contributed by atoms with van der Waals surface area (Å²) in [4.78, 5) is 28.9. The number of benzene rings is 3. The second-order valence-corrected chi connectivity index (χ2v) is 8.71. The molecule has 35 heavy (non-hydrogen) atoms. The first kappa shape index (κ1) is 22.8. The molecule has 0 aliphatic heterocycles. The van der Waals surface area contributed by atoms with Gasteiger partial charge >= 0.3 is 5.69 Å². The summed E-state index contributed by atoms with van der Waals surface area (Å²) in [7, 11) is 1.34. The minimum absolute atomic E-state index is 0.0818. The number of hydrogen-bond acceptors (Lipinski definition) is 7. The Morgan fingerprint density at radius 3 is 2.77 bits per heavy atom. The molecule has 0 unspecified atom stereocenters. The molecule has 0 radical (unpaired) electrons. The van der Waals surface area contributed by atoms with Gasteiger partial charge in [-0.1, -0.05) is 23.7 Å². The van der Waals surface area contributed by atoms with E-state index >= 15 is 0 Å². The molecule has 0 saturated heterocycles. The molecule has 9 nitrogen and oxygen atoms in total. The summed E-state index contributed by atoms with van der Waals surface area (Å²) < 4.78 is 12.5. The number of rotatable bonds is 5. The fourth-order valence-electron chi connectivity index (χ4n) is 3.65. The molecule has 0 atom stereocenters. The maximum atomic E-state index is 13.4. The molecule has 2 aromatic heterocycles. The van der Waals surface area contributed by atoms with E-state index in [4.69, 9.17) is 20.8 Å². The average Bonchev–Trinajstić information content (AvgIpc) is 3.26. The average molecular weight is 554 g/mol. The maximum absolute atomic E-state index is 13.4. The lowest BCUT2D eigenvalue weighted by atomic mass is 10.2. The summed E-state index contributed by atoms with van der Waals surface area (Å²) in [6.07, 6.45) is 1.33. The Morgan fingerprint density at radius 2 is 2.00 bits per heavy atom. The van der Waals surface area contributed by atoms with Gasteiger partial charge < -0.3 is 9.15 Å². The highest BCUT2D eigenvalue weighted by molar-refractivity contribution is 9.10. The normalized spacial score (nSPS) is 11.5. The molecule has 5 rings (SSSR count). The van der Waals surface area contributed by atoms with Crippen LogP contribution in [0.15, 0.2) is 79.4 Å². The van der Waals surface area contributed by atoms with Gasteiger partial charge in [0, 0.05) is 22.0 Å². The molecule has 0 aliphatic rings. The molecule has 0 bridgehead atoms. The molecule has 0 fully saturated rings. The Kier molecular flexibility index (Phi) is 5.83. The van der Waals surface area contributed by atoms with Crippen molar-refractivity contribution in [3.63, 3.8) is 0 Å². The number of hydrogen-bond donors (Lipinski definition) is 0. The van der Waals surface area contributed by atoms with Crippen LogP contribution in [0, 0.1) is 10.1 Å². The highest BCUT2D eigenvalue weighted by atomic mass is 79.9. The van der Waals surface area contributed by atoms with E-state index in [1.54, 1.807) is 54.6 Å². The molecular weight excluding hydrogens is 540 g/mol. The lowest BCUT2D eigenvalue weighted by Gasteiger charge is -2.08. The van der Waals surface area contributed by atoms with Gasteiger partial charge in [-0.05, 0) is 58.4 Å². The molecule has 174 valence electrons. The number of nitro benzene ring substituents is 1. The molecule has 0 amide bonds. The number of aromatic nitrogens is 2. The van der Waals surface area contributed by atoms with Gasteiger partial charge in [0.25, 0.3) is 5.56 Å². The molecule has 2 heterocycles. The molecule has 11 heteroatoms. The summed E-state index contributed by atoms with van der Waals surface area (Å²) in [6, 6.07) is 16.7. The Hall–Kier alpha value is -4.02. The van der Waals surface area contributed by atoms with Crippen LogP contribution in [-0.2, 0) is 0 Å². The first-order chi connectivity index (χ1) is 16.9. The minimum Gasteiger partial charge on any atom is -0.489 e. The van der Waals surface area contributed by atoms with Crippen molar-refractivity contribution < 1.29 is 14.1 Å². The number of ether oxygens (including phenoxy) is 1. The van der Waals surface area contributed by atoms with E-state index in [2.05, 4.69) is 26.0 Å². The van der Waals surface area contributed by atoms with E-state index in [-0.39, 0.29) is 17.3 Å². The molecule has 0 saturated carbocycles. The van der Waals surface area contributed by atoms with Gasteiger partial charge in [-0.25, -0.2) is 4.98 Å². The van der Waals surface area contributed by atoms with Crippen molar-refractivity contribution in [1.29, 1.82) is 0 Å². The summed E-state index contributed by atoms with van der Waals surface area (Å²) in [5.74, 6) is 0.557. The van der Waals surface area contributed by atoms with E-state index in [9.17, 15) is 14.9 Å². The maximum Gasteiger partial charge on any atom is 0.312 e. The third-order valence-electron chi connectivity index (χ3n) is 5.22. The Balaban J connectivity index is 1.71. The third kappa shape index (κ3) is 4.17. The molecule has 0 spiro atoms. The summed E-state index contributed by atoms with van der Waals surface area (Å²) in [5.41, 5.74) is 0.730. The van der Waals surface area contributed by atoms with Gasteiger partial charge in [0.05, 0.1) is 33.6 Å². The van der Waals surface area contributed by atoms with Crippen molar-refractivity contribution in [2.45, 2.75) is 0 Å². The second kappa shape index (κ2) is 8.97. The van der Waals surface area contributed by atoms with Gasteiger partial charge in [0.15, 0.2) is 5.76 Å². The molecule has 0 aliphatic carbocycles. The van der Waals surface area contributed by atoms with Crippen molar-refractivity contribution in [1.82, 2.24) is 9.66 Å². The lowest BCUT2D eigenvalue weighted by molar-refractivity contribution is -0.385. The number of nitro groups is 1. The van der Waals surface area contributed by atoms with E-state index in [0.717, 1.165) is 10.1 Å². The van der Waals surface area contributed by atoms with Crippen molar-refractivity contribution >= 4 is 61.3 Å². The topological polar surface area (TPSA) is 113 Å². The predicted octanol–water partition coefficient (Wildman–Crippen LogP) is 6.02. The minimum atomic E-state index is -0.560. The number of halogens is 2. The summed E-state index contributed by atoms with van der Waals surface area (Å²) >= 11 is 9.38. The third-order valence-corrected chi connectivity index (χ3v) is 6.05. The lowest BCUT2D eigenvalue weighted by Crippen LogP contribution is -2.20. The van der Waals surface area contributed by atoms with Crippen molar-refractivity contribution in [2.75, 3.05) is 7.11 Å². The van der Waals surface area contributed by atoms with Crippen molar-refractivity contribution in [3.05, 3.63) is 96.2 Å². The van der Waals surface area contributed by atoms with Crippen molar-refractivity contribution in [2.24, 2.45) is 5.10 Å². The van der Waals surface area contributed by atoms with Crippen LogP contribution in [0.2, 0.25) is 5.02 Å². The van der Waals surface area contributed by atoms with Crippen LogP contribution in [0.1, 0.15) is 5.56 Å². The van der Waals surface area contributed by atoms with Crippen LogP contribution in [-0.4, -0.2) is 27.9 Å². The van der Waals surface area contributed by atoms with Gasteiger partial charge in [-0.3, -0.25) is 14.9 Å². The SMILES string of the molecule is COc1c(Br)cc(C=Nn2c(-c3cc4cc(Cl)ccc4o3)nc3ccccc3c2=O)cc1[N+](=O)[O-]. The largest absolute Gasteiger partial charge is 0.489 e. The van der Waals surface area contributed by atoms with Crippen LogP contribution >= 0.6 is 27.5 Å². The van der Waals surface area contributed by atoms with Crippen LogP contribution in [0.3, 0.4) is 0 Å². The highest BCUT2D eigenvalue weighted by Gasteiger charge is 2.20. The van der Waals surface area contributed by atoms with Crippen LogP contribution in [0.25, 0.3) is 33.5 Å². The molecular formula is C24H14BrClN4O5. The van der Waals surface area contributed by atoms with Gasteiger partial charge in [0.2, 0.25) is 11.6 Å². The first-order valence-corrected chi connectivity index (χ1v) is 11.3. The quantitative estimate of drug-likeness (QED) is 0.149. The number of nitrogens with zero attached hydrogens (tertiary/aromatic N) is 4. The number of furan rings is 1. The number of para-hydroxylation sites is 1. The van der Waals surface area contributed by atoms with Gasteiger partial charge in [-0.15, -0.1) is 0 Å². The van der Waals surface area contributed by atoms with E-state index in [1.165, 1.54) is 19.4 Å². The Bertz CT molecular complexity index is 1730. The fraction of sp³-hybridized carbons (Fsp3) is 0.0417. The Morgan fingerprint density at radius 1 is 1.20 bits per heavy atom. The smallest absolute Gasteiger partial charge is 0.312 e. The number of fused-ring (bicyclic) bond motifs is 2. The second-order valence-electron chi connectivity index (χ2n) is 7.42. The highest BCUT2D eigenvalue weighted by Crippen LogP contribution is 2.35. The summed E-state index contributed by atoms with van der Waals surface area (Å²) in [5, 5.41) is 17.4. The standard InChI is InChI=1S/C24H14BrClN4O5/c1-34-22-17(25)8-13(9-19(22)30(32)33)12-27-29-23(28-18-5-3-2-4-16(18)24(29)31)21-11-14-10-15(26)6-7-20(14)35-21/h2-12H,1H3. The Labute approximate surface area is 210 Å².